The van der Waals surface area contributed by atoms with Gasteiger partial charge in [-0.3, -0.25) is 9.48 Å². The van der Waals surface area contributed by atoms with Crippen molar-refractivity contribution >= 4 is 16.9 Å². The van der Waals surface area contributed by atoms with Crippen LogP contribution in [0.15, 0.2) is 42.9 Å². The highest BCUT2D eigenvalue weighted by Crippen LogP contribution is 2.44. The molecule has 1 fully saturated rings. The van der Waals surface area contributed by atoms with Crippen molar-refractivity contribution in [2.45, 2.75) is 50.4 Å². The smallest absolute Gasteiger partial charge is 0.272 e. The number of nitrogens with zero attached hydrogens (tertiary/aromatic N) is 5. The Hall–Kier alpha value is -3.77. The summed E-state index contributed by atoms with van der Waals surface area (Å²) in [5.74, 6) is -4.03. The second-order valence-electron chi connectivity index (χ2n) is 9.40. The minimum absolute atomic E-state index is 0.00513. The number of nitrogens with two attached hydrogens (primary N) is 1. The van der Waals surface area contributed by atoms with Crippen molar-refractivity contribution in [2.75, 3.05) is 0 Å². The quantitative estimate of drug-likeness (QED) is 0.327. The molecule has 37 heavy (non-hydrogen) atoms. The number of aliphatic hydroxyl groups is 1. The molecule has 5 rings (SSSR count). The maximum Gasteiger partial charge on any atom is 0.272 e. The SMILES string of the molecule is Cn1cc(-c2cc(F)cc(CNC(=O)c3nccc4nc(C5CCC(F)(F)C5)n(CC(N)O)c34)c2)cn1. The van der Waals surface area contributed by atoms with Gasteiger partial charge in [-0.1, -0.05) is 0 Å². The molecule has 0 aliphatic heterocycles. The average molecular weight is 514 g/mol. The Morgan fingerprint density at radius 1 is 1.32 bits per heavy atom. The molecule has 1 aromatic carbocycles. The van der Waals surface area contributed by atoms with Crippen molar-refractivity contribution < 1.29 is 23.1 Å². The van der Waals surface area contributed by atoms with Gasteiger partial charge in [0.15, 0.2) is 5.69 Å². The number of aryl methyl sites for hydroxylation is 1. The third kappa shape index (κ3) is 5.20. The van der Waals surface area contributed by atoms with Crippen molar-refractivity contribution in [1.82, 2.24) is 29.6 Å². The molecule has 2 unspecified atom stereocenters. The lowest BCUT2D eigenvalue weighted by molar-refractivity contribution is 0.00742. The van der Waals surface area contributed by atoms with Crippen molar-refractivity contribution in [3.8, 4) is 11.1 Å². The zero-order valence-electron chi connectivity index (χ0n) is 20.0. The van der Waals surface area contributed by atoms with Crippen molar-refractivity contribution in [2.24, 2.45) is 12.8 Å². The molecule has 9 nitrogen and oxygen atoms in total. The van der Waals surface area contributed by atoms with Gasteiger partial charge < -0.3 is 20.7 Å². The van der Waals surface area contributed by atoms with Crippen LogP contribution in [-0.4, -0.2) is 47.5 Å². The Morgan fingerprint density at radius 3 is 2.81 bits per heavy atom. The first-order chi connectivity index (χ1) is 17.6. The Labute approximate surface area is 210 Å². The predicted molar refractivity (Wildman–Crippen MR) is 129 cm³/mol. The third-order valence-electron chi connectivity index (χ3n) is 6.49. The fourth-order valence-corrected chi connectivity index (χ4v) is 4.87. The molecule has 0 spiro atoms. The first-order valence-corrected chi connectivity index (χ1v) is 11.8. The highest BCUT2D eigenvalue weighted by molar-refractivity contribution is 6.03. The second kappa shape index (κ2) is 9.60. The molecule has 1 aliphatic rings. The normalized spacial score (nSPS) is 17.8. The Morgan fingerprint density at radius 2 is 2.14 bits per heavy atom. The summed E-state index contributed by atoms with van der Waals surface area (Å²) in [6.45, 7) is -0.129. The molecule has 4 N–H and O–H groups in total. The molecule has 1 saturated carbocycles. The van der Waals surface area contributed by atoms with E-state index in [1.54, 1.807) is 36.3 Å². The lowest BCUT2D eigenvalue weighted by Gasteiger charge is -2.16. The number of hydrogen-bond donors (Lipinski definition) is 3. The minimum atomic E-state index is -2.80. The third-order valence-corrected chi connectivity index (χ3v) is 6.49. The summed E-state index contributed by atoms with van der Waals surface area (Å²) >= 11 is 0. The molecule has 0 radical (unpaired) electrons. The lowest BCUT2D eigenvalue weighted by atomic mass is 10.1. The van der Waals surface area contributed by atoms with Crippen LogP contribution in [0.1, 0.15) is 47.1 Å². The summed E-state index contributed by atoms with van der Waals surface area (Å²) in [4.78, 5) is 21.9. The highest BCUT2D eigenvalue weighted by atomic mass is 19.3. The van der Waals surface area contributed by atoms with Crippen LogP contribution >= 0.6 is 0 Å². The van der Waals surface area contributed by atoms with Crippen molar-refractivity contribution in [1.29, 1.82) is 0 Å². The molecule has 194 valence electrons. The summed E-state index contributed by atoms with van der Waals surface area (Å²) in [5.41, 5.74) is 8.19. The maximum absolute atomic E-state index is 14.3. The number of alkyl halides is 2. The molecule has 0 saturated heterocycles. The number of nitrogens with one attached hydrogen (secondary N) is 1. The van der Waals surface area contributed by atoms with Crippen molar-refractivity contribution in [3.63, 3.8) is 0 Å². The number of fused-ring (bicyclic) bond motifs is 1. The van der Waals surface area contributed by atoms with Crippen LogP contribution in [0.4, 0.5) is 13.2 Å². The van der Waals surface area contributed by atoms with Gasteiger partial charge in [0.2, 0.25) is 5.92 Å². The molecular formula is C25H26F3N7O2. The fraction of sp³-hybridized carbons (Fsp3) is 0.360. The number of aliphatic hydroxyl groups excluding tert-OH is 1. The number of hydrogen-bond acceptors (Lipinski definition) is 6. The highest BCUT2D eigenvalue weighted by Gasteiger charge is 2.42. The minimum Gasteiger partial charge on any atom is -0.377 e. The first kappa shape index (κ1) is 24.9. The van der Waals surface area contributed by atoms with Crippen LogP contribution in [0.5, 0.6) is 0 Å². The standard InChI is InChI=1S/C25H26F3N7O2/c1-34-12-17(11-32-34)16-6-14(7-18(26)8-16)10-31-24(37)21-22-19(3-5-30-21)33-23(35(22)13-20(29)36)15-2-4-25(27,28)9-15/h3,5-8,11-12,15,20,36H,2,4,9-10,13,29H2,1H3,(H,31,37). The second-order valence-corrected chi connectivity index (χ2v) is 9.40. The zero-order chi connectivity index (χ0) is 26.3. The van der Waals surface area contributed by atoms with E-state index < -0.39 is 29.8 Å². The number of amides is 1. The van der Waals surface area contributed by atoms with E-state index in [0.717, 1.165) is 5.56 Å². The number of carbonyl (C=O) groups excluding carboxylic acids is 1. The number of halogens is 3. The maximum atomic E-state index is 14.3. The monoisotopic (exact) mass is 513 g/mol. The summed E-state index contributed by atoms with van der Waals surface area (Å²) in [5, 5.41) is 16.8. The van der Waals surface area contributed by atoms with Gasteiger partial charge in [-0.2, -0.15) is 5.10 Å². The Balaban J connectivity index is 1.44. The largest absolute Gasteiger partial charge is 0.377 e. The summed E-state index contributed by atoms with van der Waals surface area (Å²) < 4.78 is 45.3. The van der Waals surface area contributed by atoms with Gasteiger partial charge in [0.1, 0.15) is 23.4 Å². The number of aromatic nitrogens is 5. The molecule has 3 aromatic heterocycles. The number of rotatable bonds is 7. The molecule has 12 heteroatoms. The van der Waals surface area contributed by atoms with E-state index in [4.69, 9.17) is 5.73 Å². The van der Waals surface area contributed by atoms with Gasteiger partial charge in [0.05, 0.1) is 18.3 Å². The van der Waals surface area contributed by atoms with E-state index in [0.29, 0.717) is 28.0 Å². The molecule has 4 aromatic rings. The summed E-state index contributed by atoms with van der Waals surface area (Å²) in [7, 11) is 1.76. The number of benzene rings is 1. The van der Waals surface area contributed by atoms with E-state index in [9.17, 15) is 23.1 Å². The van der Waals surface area contributed by atoms with E-state index >= 15 is 0 Å². The molecule has 2 atom stereocenters. The van der Waals surface area contributed by atoms with Crippen molar-refractivity contribution in [3.05, 3.63) is 65.8 Å². The zero-order valence-corrected chi connectivity index (χ0v) is 20.0. The summed E-state index contributed by atoms with van der Waals surface area (Å²) in [6.07, 6.45) is 3.08. The Kier molecular flexibility index (Phi) is 6.46. The average Bonchev–Trinajstić information content (AvgIpc) is 3.53. The molecule has 0 bridgehead atoms. The van der Waals surface area contributed by atoms with E-state index in [2.05, 4.69) is 20.4 Å². The van der Waals surface area contributed by atoms with Crippen LogP contribution < -0.4 is 11.1 Å². The van der Waals surface area contributed by atoms with Gasteiger partial charge in [-0.05, 0) is 41.8 Å². The Bertz CT molecular complexity index is 1460. The molecular weight excluding hydrogens is 487 g/mol. The molecule has 3 heterocycles. The number of carbonyl (C=O) groups is 1. The lowest BCUT2D eigenvalue weighted by Crippen LogP contribution is -2.28. The predicted octanol–water partition coefficient (Wildman–Crippen LogP) is 3.08. The first-order valence-electron chi connectivity index (χ1n) is 11.8. The van der Waals surface area contributed by atoms with E-state index in [-0.39, 0.29) is 38.0 Å². The fourth-order valence-electron chi connectivity index (χ4n) is 4.87. The molecule has 1 aliphatic carbocycles. The van der Waals surface area contributed by atoms with Gasteiger partial charge in [0.25, 0.3) is 5.91 Å². The van der Waals surface area contributed by atoms with Gasteiger partial charge in [0, 0.05) is 50.3 Å². The number of pyridine rings is 1. The van der Waals surface area contributed by atoms with Crippen LogP contribution in [0.3, 0.4) is 0 Å². The number of imidazole rings is 1. The van der Waals surface area contributed by atoms with Gasteiger partial charge in [-0.25, -0.2) is 23.1 Å². The van der Waals surface area contributed by atoms with E-state index in [1.165, 1.54) is 22.9 Å². The van der Waals surface area contributed by atoms with Crippen LogP contribution in [-0.2, 0) is 20.1 Å². The topological polar surface area (TPSA) is 124 Å². The van der Waals surface area contributed by atoms with Crippen LogP contribution in [0, 0.1) is 5.82 Å². The van der Waals surface area contributed by atoms with E-state index in [1.807, 2.05) is 0 Å². The van der Waals surface area contributed by atoms with Crippen LogP contribution in [0.2, 0.25) is 0 Å². The van der Waals surface area contributed by atoms with Gasteiger partial charge >= 0.3 is 0 Å². The molecule has 1 amide bonds. The van der Waals surface area contributed by atoms with Crippen LogP contribution in [0.25, 0.3) is 22.2 Å². The van der Waals surface area contributed by atoms with Gasteiger partial charge in [-0.15, -0.1) is 0 Å². The summed E-state index contributed by atoms with van der Waals surface area (Å²) in [6, 6.07) is 6.04.